The third-order valence-electron chi connectivity index (χ3n) is 4.51. The van der Waals surface area contributed by atoms with Crippen molar-refractivity contribution in [3.63, 3.8) is 0 Å². The van der Waals surface area contributed by atoms with E-state index >= 15 is 0 Å². The van der Waals surface area contributed by atoms with Gasteiger partial charge in [0.15, 0.2) is 0 Å². The summed E-state index contributed by atoms with van der Waals surface area (Å²) in [5.74, 6) is 1.40. The van der Waals surface area contributed by atoms with E-state index in [1.165, 1.54) is 5.52 Å². The van der Waals surface area contributed by atoms with E-state index in [4.69, 9.17) is 16.3 Å². The second kappa shape index (κ2) is 4.50. The first-order valence-electron chi connectivity index (χ1n) is 6.64. The second-order valence-electron chi connectivity index (χ2n) is 5.82. The molecule has 102 valence electrons. The Morgan fingerprint density at radius 2 is 2.16 bits per heavy atom. The third kappa shape index (κ3) is 1.79. The van der Waals surface area contributed by atoms with E-state index in [1.807, 2.05) is 12.1 Å². The summed E-state index contributed by atoms with van der Waals surface area (Å²) in [4.78, 5) is 4.64. The van der Waals surface area contributed by atoms with Crippen LogP contribution in [-0.4, -0.2) is 22.8 Å². The average molecular weight is 279 g/mol. The number of aromatic nitrogens is 2. The largest absolute Gasteiger partial charge is 0.381 e. The summed E-state index contributed by atoms with van der Waals surface area (Å²) in [6.07, 6.45) is 1.33. The summed E-state index contributed by atoms with van der Waals surface area (Å²) in [6, 6.07) is 8.63. The summed E-state index contributed by atoms with van der Waals surface area (Å²) in [5.41, 5.74) is 2.31. The van der Waals surface area contributed by atoms with Gasteiger partial charge in [-0.2, -0.15) is 0 Å². The van der Waals surface area contributed by atoms with E-state index in [9.17, 15) is 0 Å². The number of hydrogen-bond acceptors (Lipinski definition) is 2. The highest BCUT2D eigenvalue weighted by atomic mass is 35.5. The van der Waals surface area contributed by atoms with E-state index in [0.29, 0.717) is 18.0 Å². The fourth-order valence-electron chi connectivity index (χ4n) is 3.24. The van der Waals surface area contributed by atoms with Crippen LogP contribution in [0.25, 0.3) is 11.0 Å². The third-order valence-corrected chi connectivity index (χ3v) is 4.75. The SMILES string of the molecule is COC1CC(n2c(CCl)nc3ccccc32)C1(C)C. The Labute approximate surface area is 118 Å². The molecule has 3 rings (SSSR count). The number of halogens is 1. The molecular weight excluding hydrogens is 260 g/mol. The maximum absolute atomic E-state index is 6.08. The van der Waals surface area contributed by atoms with E-state index in [-0.39, 0.29) is 5.41 Å². The minimum Gasteiger partial charge on any atom is -0.381 e. The Morgan fingerprint density at radius 3 is 2.79 bits per heavy atom. The van der Waals surface area contributed by atoms with Crippen LogP contribution in [0.3, 0.4) is 0 Å². The van der Waals surface area contributed by atoms with E-state index in [0.717, 1.165) is 17.8 Å². The molecule has 0 N–H and O–H groups in total. The smallest absolute Gasteiger partial charge is 0.125 e. The second-order valence-corrected chi connectivity index (χ2v) is 6.08. The molecule has 4 heteroatoms. The Balaban J connectivity index is 2.10. The molecule has 0 radical (unpaired) electrons. The van der Waals surface area contributed by atoms with Crippen LogP contribution in [0.1, 0.15) is 32.1 Å². The zero-order valence-corrected chi connectivity index (χ0v) is 12.3. The number of ether oxygens (including phenoxy) is 1. The molecule has 1 fully saturated rings. The van der Waals surface area contributed by atoms with Crippen molar-refractivity contribution < 1.29 is 4.74 Å². The number of imidazole rings is 1. The molecule has 2 aromatic rings. The van der Waals surface area contributed by atoms with Crippen LogP contribution in [-0.2, 0) is 10.6 Å². The lowest BCUT2D eigenvalue weighted by Crippen LogP contribution is -2.51. The number of methoxy groups -OCH3 is 1. The molecule has 2 atom stereocenters. The number of nitrogens with zero attached hydrogens (tertiary/aromatic N) is 2. The van der Waals surface area contributed by atoms with Crippen LogP contribution in [0.2, 0.25) is 0 Å². The zero-order valence-electron chi connectivity index (χ0n) is 11.6. The van der Waals surface area contributed by atoms with Crippen molar-refractivity contribution in [3.05, 3.63) is 30.1 Å². The Kier molecular flexibility index (Phi) is 3.06. The van der Waals surface area contributed by atoms with Crippen molar-refractivity contribution in [2.24, 2.45) is 5.41 Å². The van der Waals surface area contributed by atoms with Crippen molar-refractivity contribution in [1.29, 1.82) is 0 Å². The van der Waals surface area contributed by atoms with Crippen LogP contribution in [0.15, 0.2) is 24.3 Å². The summed E-state index contributed by atoms with van der Waals surface area (Å²) < 4.78 is 7.85. The molecule has 1 aliphatic carbocycles. The first-order valence-corrected chi connectivity index (χ1v) is 7.17. The standard InChI is InChI=1S/C15H19ClN2O/c1-15(2)12(8-13(15)19-3)18-11-7-5-4-6-10(11)17-14(18)9-16/h4-7,12-13H,8-9H2,1-3H3. The Bertz CT molecular complexity index is 605. The van der Waals surface area contributed by atoms with Gasteiger partial charge in [0.2, 0.25) is 0 Å². The van der Waals surface area contributed by atoms with Gasteiger partial charge in [-0.1, -0.05) is 26.0 Å². The van der Waals surface area contributed by atoms with Crippen LogP contribution in [0.5, 0.6) is 0 Å². The minimum atomic E-state index is 0.110. The molecule has 0 spiro atoms. The first-order chi connectivity index (χ1) is 9.09. The van der Waals surface area contributed by atoms with Gasteiger partial charge >= 0.3 is 0 Å². The van der Waals surface area contributed by atoms with Crippen molar-refractivity contribution in [3.8, 4) is 0 Å². The van der Waals surface area contributed by atoms with Gasteiger partial charge in [0.05, 0.1) is 23.0 Å². The first kappa shape index (κ1) is 12.9. The summed E-state index contributed by atoms with van der Waals surface area (Å²) >= 11 is 6.08. The molecule has 1 saturated carbocycles. The molecule has 1 aromatic carbocycles. The molecule has 1 heterocycles. The molecule has 3 nitrogen and oxygen atoms in total. The van der Waals surface area contributed by atoms with Crippen molar-refractivity contribution in [1.82, 2.24) is 9.55 Å². The minimum absolute atomic E-state index is 0.110. The molecular formula is C15H19ClN2O. The van der Waals surface area contributed by atoms with Gasteiger partial charge in [-0.3, -0.25) is 0 Å². The quantitative estimate of drug-likeness (QED) is 0.800. The number of fused-ring (bicyclic) bond motifs is 1. The van der Waals surface area contributed by atoms with E-state index < -0.39 is 0 Å². The fourth-order valence-corrected chi connectivity index (χ4v) is 3.43. The van der Waals surface area contributed by atoms with Gasteiger partial charge in [-0.05, 0) is 18.6 Å². The summed E-state index contributed by atoms with van der Waals surface area (Å²) in [6.45, 7) is 4.50. The predicted octanol–water partition coefficient (Wildman–Crippen LogP) is 3.76. The number of alkyl halides is 1. The molecule has 0 amide bonds. The summed E-state index contributed by atoms with van der Waals surface area (Å²) in [5, 5.41) is 0. The molecule has 1 aliphatic rings. The molecule has 0 aliphatic heterocycles. The van der Waals surface area contributed by atoms with E-state index in [2.05, 4.69) is 35.5 Å². The zero-order chi connectivity index (χ0) is 13.6. The number of para-hydroxylation sites is 2. The normalized spacial score (nSPS) is 25.5. The maximum atomic E-state index is 6.08. The average Bonchev–Trinajstić information content (AvgIpc) is 2.77. The topological polar surface area (TPSA) is 27.1 Å². The van der Waals surface area contributed by atoms with Crippen LogP contribution >= 0.6 is 11.6 Å². The molecule has 2 unspecified atom stereocenters. The Hall–Kier alpha value is -1.06. The molecule has 1 aromatic heterocycles. The van der Waals surface area contributed by atoms with Gasteiger partial charge in [-0.15, -0.1) is 11.6 Å². The molecule has 19 heavy (non-hydrogen) atoms. The van der Waals surface area contributed by atoms with Gasteiger partial charge in [-0.25, -0.2) is 4.98 Å². The lowest BCUT2D eigenvalue weighted by molar-refractivity contribution is -0.112. The van der Waals surface area contributed by atoms with Gasteiger partial charge in [0.25, 0.3) is 0 Å². The van der Waals surface area contributed by atoms with Gasteiger partial charge < -0.3 is 9.30 Å². The lowest BCUT2D eigenvalue weighted by atomic mass is 9.64. The molecule has 0 saturated heterocycles. The van der Waals surface area contributed by atoms with Crippen molar-refractivity contribution >= 4 is 22.6 Å². The highest BCUT2D eigenvalue weighted by molar-refractivity contribution is 6.16. The number of benzene rings is 1. The summed E-state index contributed by atoms with van der Waals surface area (Å²) in [7, 11) is 1.79. The monoisotopic (exact) mass is 278 g/mol. The molecule has 0 bridgehead atoms. The lowest BCUT2D eigenvalue weighted by Gasteiger charge is -2.52. The van der Waals surface area contributed by atoms with Crippen LogP contribution in [0, 0.1) is 5.41 Å². The Morgan fingerprint density at radius 1 is 1.42 bits per heavy atom. The number of hydrogen-bond donors (Lipinski definition) is 0. The van der Waals surface area contributed by atoms with Crippen molar-refractivity contribution in [2.45, 2.75) is 38.3 Å². The highest BCUT2D eigenvalue weighted by Crippen LogP contribution is 2.52. The number of rotatable bonds is 3. The van der Waals surface area contributed by atoms with Crippen molar-refractivity contribution in [2.75, 3.05) is 7.11 Å². The van der Waals surface area contributed by atoms with Gasteiger partial charge in [0, 0.05) is 18.6 Å². The van der Waals surface area contributed by atoms with Crippen LogP contribution in [0.4, 0.5) is 0 Å². The predicted molar refractivity (Wildman–Crippen MR) is 77.5 cm³/mol. The van der Waals surface area contributed by atoms with Gasteiger partial charge in [0.1, 0.15) is 5.82 Å². The van der Waals surface area contributed by atoms with E-state index in [1.54, 1.807) is 7.11 Å². The fraction of sp³-hybridized carbons (Fsp3) is 0.533. The maximum Gasteiger partial charge on any atom is 0.125 e. The highest BCUT2D eigenvalue weighted by Gasteiger charge is 2.50. The van der Waals surface area contributed by atoms with Crippen LogP contribution < -0.4 is 0 Å².